The number of hydrogen-bond donors (Lipinski definition) is 1. The van der Waals surface area contributed by atoms with E-state index in [2.05, 4.69) is 66.5 Å². The van der Waals surface area contributed by atoms with Crippen LogP contribution in [0.4, 0.5) is 0 Å². The van der Waals surface area contributed by atoms with Crippen molar-refractivity contribution < 1.29 is 4.79 Å². The molecule has 3 nitrogen and oxygen atoms in total. The zero-order valence-electron chi connectivity index (χ0n) is 16.7. The number of aryl methyl sites for hydroxylation is 2. The minimum absolute atomic E-state index is 0.00698. The molecule has 3 aromatic carbocycles. The summed E-state index contributed by atoms with van der Waals surface area (Å²) >= 11 is 0. The van der Waals surface area contributed by atoms with E-state index in [1.165, 1.54) is 34.7 Å². The molecule has 0 radical (unpaired) electrons. The average Bonchev–Trinajstić information content (AvgIpc) is 3.25. The van der Waals surface area contributed by atoms with Gasteiger partial charge in [-0.15, -0.1) is 0 Å². The van der Waals surface area contributed by atoms with Crippen LogP contribution < -0.4 is 5.32 Å². The topological polar surface area (TPSA) is 32.3 Å². The van der Waals surface area contributed by atoms with Crippen LogP contribution in [-0.4, -0.2) is 30.4 Å². The number of carbonyl (C=O) groups excluding carboxylic acids is 1. The highest BCUT2D eigenvalue weighted by Gasteiger charge is 2.25. The van der Waals surface area contributed by atoms with Crippen LogP contribution in [0.15, 0.2) is 60.7 Å². The van der Waals surface area contributed by atoms with Gasteiger partial charge in [-0.05, 0) is 79.4 Å². The van der Waals surface area contributed by atoms with Gasteiger partial charge in [-0.2, -0.15) is 0 Å². The van der Waals surface area contributed by atoms with Crippen LogP contribution in [0.2, 0.25) is 0 Å². The largest absolute Gasteiger partial charge is 0.350 e. The minimum atomic E-state index is 0.00698. The lowest BCUT2D eigenvalue weighted by Gasteiger charge is -2.29. The molecule has 0 saturated carbocycles. The van der Waals surface area contributed by atoms with Crippen molar-refractivity contribution in [2.24, 2.45) is 0 Å². The molecule has 1 aliphatic rings. The Hall–Kier alpha value is -2.65. The van der Waals surface area contributed by atoms with Gasteiger partial charge in [-0.3, -0.25) is 9.69 Å². The highest BCUT2D eigenvalue weighted by atomic mass is 16.1. The summed E-state index contributed by atoms with van der Waals surface area (Å²) in [5.41, 5.74) is 4.40. The van der Waals surface area contributed by atoms with Crippen molar-refractivity contribution in [3.63, 3.8) is 0 Å². The summed E-state index contributed by atoms with van der Waals surface area (Å²) in [5.74, 6) is 0.00698. The molecule has 1 aliphatic heterocycles. The van der Waals surface area contributed by atoms with Gasteiger partial charge in [0.1, 0.15) is 0 Å². The molecule has 3 heteroatoms. The third kappa shape index (κ3) is 3.81. The van der Waals surface area contributed by atoms with Gasteiger partial charge < -0.3 is 5.32 Å². The van der Waals surface area contributed by atoms with Gasteiger partial charge in [-0.25, -0.2) is 0 Å². The smallest absolute Gasteiger partial charge is 0.251 e. The first-order valence-corrected chi connectivity index (χ1v) is 10.2. The molecule has 0 unspecified atom stereocenters. The Balaban J connectivity index is 1.60. The van der Waals surface area contributed by atoms with E-state index in [9.17, 15) is 4.79 Å². The molecule has 1 amide bonds. The Morgan fingerprint density at radius 2 is 1.71 bits per heavy atom. The molecule has 4 rings (SSSR count). The number of rotatable bonds is 5. The summed E-state index contributed by atoms with van der Waals surface area (Å²) in [6.45, 7) is 6.93. The average molecular weight is 373 g/mol. The molecule has 28 heavy (non-hydrogen) atoms. The second kappa shape index (κ2) is 8.15. The number of likely N-dealkylation sites (tertiary alicyclic amines) is 1. The van der Waals surface area contributed by atoms with Crippen LogP contribution in [0.25, 0.3) is 10.8 Å². The molecular weight excluding hydrogens is 344 g/mol. The first-order valence-electron chi connectivity index (χ1n) is 10.2. The molecule has 3 aromatic rings. The van der Waals surface area contributed by atoms with E-state index in [-0.39, 0.29) is 11.9 Å². The number of nitrogens with one attached hydrogen (secondary N) is 1. The van der Waals surface area contributed by atoms with Gasteiger partial charge in [0.15, 0.2) is 0 Å². The van der Waals surface area contributed by atoms with Crippen molar-refractivity contribution in [2.75, 3.05) is 19.6 Å². The zero-order valence-corrected chi connectivity index (χ0v) is 16.7. The van der Waals surface area contributed by atoms with Crippen molar-refractivity contribution in [2.45, 2.75) is 32.7 Å². The predicted octanol–water partition coefficient (Wildman–Crippen LogP) is 5.02. The monoisotopic (exact) mass is 372 g/mol. The second-order valence-corrected chi connectivity index (χ2v) is 7.84. The third-order valence-electron chi connectivity index (χ3n) is 5.99. The van der Waals surface area contributed by atoms with Gasteiger partial charge in [0.05, 0.1) is 6.04 Å². The number of amides is 1. The van der Waals surface area contributed by atoms with Crippen LogP contribution >= 0.6 is 0 Å². The molecular formula is C25H28N2O. The summed E-state index contributed by atoms with van der Waals surface area (Å²) in [5, 5.41) is 5.74. The highest BCUT2D eigenvalue weighted by Crippen LogP contribution is 2.30. The normalized spacial score (nSPS) is 15.6. The standard InChI is InChI=1S/C25H28N2O/c1-18-12-13-21(16-19(18)2)25(28)26-17-24(27-14-5-6-15-27)23-11-7-9-20-8-3-4-10-22(20)23/h3-4,7-13,16,24H,5-6,14-15,17H2,1-2H3,(H,26,28)/t24-/m1/s1. The van der Waals surface area contributed by atoms with Crippen LogP contribution in [-0.2, 0) is 0 Å². The highest BCUT2D eigenvalue weighted by molar-refractivity contribution is 5.94. The van der Waals surface area contributed by atoms with E-state index < -0.39 is 0 Å². The number of benzene rings is 3. The maximum Gasteiger partial charge on any atom is 0.251 e. The zero-order chi connectivity index (χ0) is 19.5. The Bertz CT molecular complexity index is 984. The van der Waals surface area contributed by atoms with Crippen molar-refractivity contribution in [3.8, 4) is 0 Å². The van der Waals surface area contributed by atoms with Gasteiger partial charge in [0, 0.05) is 12.1 Å². The number of nitrogens with zero attached hydrogens (tertiary/aromatic N) is 1. The molecule has 1 N–H and O–H groups in total. The maximum absolute atomic E-state index is 12.8. The van der Waals surface area contributed by atoms with Crippen molar-refractivity contribution in [3.05, 3.63) is 82.9 Å². The Morgan fingerprint density at radius 1 is 0.964 bits per heavy atom. The molecule has 1 heterocycles. The molecule has 0 aromatic heterocycles. The number of hydrogen-bond acceptors (Lipinski definition) is 2. The van der Waals surface area contributed by atoms with E-state index in [0.29, 0.717) is 6.54 Å². The summed E-state index contributed by atoms with van der Waals surface area (Å²) in [6.07, 6.45) is 2.46. The predicted molar refractivity (Wildman–Crippen MR) is 116 cm³/mol. The van der Waals surface area contributed by atoms with Crippen LogP contribution in [0.1, 0.15) is 45.9 Å². The van der Waals surface area contributed by atoms with Gasteiger partial charge >= 0.3 is 0 Å². The lowest BCUT2D eigenvalue weighted by atomic mass is 9.97. The summed E-state index contributed by atoms with van der Waals surface area (Å²) < 4.78 is 0. The molecule has 144 valence electrons. The lowest BCUT2D eigenvalue weighted by Crippen LogP contribution is -2.37. The van der Waals surface area contributed by atoms with E-state index in [0.717, 1.165) is 24.2 Å². The Kier molecular flexibility index (Phi) is 5.45. The SMILES string of the molecule is Cc1ccc(C(=O)NC[C@H](c2cccc3ccccc23)N2CCCC2)cc1C. The van der Waals surface area contributed by atoms with Crippen molar-refractivity contribution >= 4 is 16.7 Å². The molecule has 1 fully saturated rings. The summed E-state index contributed by atoms with van der Waals surface area (Å²) in [7, 11) is 0. The quantitative estimate of drug-likeness (QED) is 0.682. The number of carbonyl (C=O) groups is 1. The first-order chi connectivity index (χ1) is 13.6. The Morgan fingerprint density at radius 3 is 2.50 bits per heavy atom. The molecule has 0 aliphatic carbocycles. The van der Waals surface area contributed by atoms with Crippen LogP contribution in [0, 0.1) is 13.8 Å². The third-order valence-corrected chi connectivity index (χ3v) is 5.99. The molecule has 0 spiro atoms. The minimum Gasteiger partial charge on any atom is -0.350 e. The van der Waals surface area contributed by atoms with Crippen LogP contribution in [0.5, 0.6) is 0 Å². The van der Waals surface area contributed by atoms with E-state index >= 15 is 0 Å². The van der Waals surface area contributed by atoms with Crippen LogP contribution in [0.3, 0.4) is 0 Å². The number of fused-ring (bicyclic) bond motifs is 1. The van der Waals surface area contributed by atoms with Gasteiger partial charge in [-0.1, -0.05) is 48.5 Å². The van der Waals surface area contributed by atoms with Gasteiger partial charge in [0.2, 0.25) is 0 Å². The Labute approximate surface area is 167 Å². The molecule has 1 atom stereocenters. The molecule has 1 saturated heterocycles. The fraction of sp³-hybridized carbons (Fsp3) is 0.320. The molecule has 0 bridgehead atoms. The van der Waals surface area contributed by atoms with E-state index in [1.807, 2.05) is 18.2 Å². The lowest BCUT2D eigenvalue weighted by molar-refractivity contribution is 0.0938. The summed E-state index contributed by atoms with van der Waals surface area (Å²) in [4.78, 5) is 15.3. The fourth-order valence-electron chi connectivity index (χ4n) is 4.20. The maximum atomic E-state index is 12.8. The van der Waals surface area contributed by atoms with Crippen molar-refractivity contribution in [1.29, 1.82) is 0 Å². The van der Waals surface area contributed by atoms with E-state index in [4.69, 9.17) is 0 Å². The first kappa shape index (κ1) is 18.7. The van der Waals surface area contributed by atoms with E-state index in [1.54, 1.807) is 0 Å². The second-order valence-electron chi connectivity index (χ2n) is 7.84. The fourth-order valence-corrected chi connectivity index (χ4v) is 4.20. The van der Waals surface area contributed by atoms with Crippen molar-refractivity contribution in [1.82, 2.24) is 10.2 Å². The summed E-state index contributed by atoms with van der Waals surface area (Å²) in [6, 6.07) is 21.2. The van der Waals surface area contributed by atoms with Gasteiger partial charge in [0.25, 0.3) is 5.91 Å².